The first-order chi connectivity index (χ1) is 14.2. The number of amides is 1. The molecule has 0 fully saturated rings. The first-order valence-electron chi connectivity index (χ1n) is 8.52. The van der Waals surface area contributed by atoms with E-state index >= 15 is 0 Å². The third kappa shape index (κ3) is 4.33. The minimum Gasteiger partial charge on any atom is -0.507 e. The molecule has 13 heteroatoms. The summed E-state index contributed by atoms with van der Waals surface area (Å²) in [6, 6.07) is 1.39. The van der Waals surface area contributed by atoms with Crippen LogP contribution in [0, 0.1) is 0 Å². The molecule has 1 aliphatic heterocycles. The Morgan fingerprint density at radius 1 is 1.29 bits per heavy atom. The molecule has 168 valence electrons. The van der Waals surface area contributed by atoms with E-state index in [1.165, 1.54) is 17.9 Å². The number of alkyl halides is 5. The first kappa shape index (κ1) is 23.6. The molecule has 2 heterocycles. The Bertz CT molecular complexity index is 1040. The van der Waals surface area contributed by atoms with Crippen LogP contribution in [0.2, 0.25) is 0 Å². The SMILES string of the molecule is CC1=C(CC(=O)O)C2=C(Cl)C(O)=CCC2N1C(=O)c1ccc(SC(F)(F)C(F)(F)F)s1. The van der Waals surface area contributed by atoms with Gasteiger partial charge in [0.05, 0.1) is 26.6 Å². The van der Waals surface area contributed by atoms with Gasteiger partial charge in [0.15, 0.2) is 0 Å². The molecular formula is C18H13ClF5NO4S2. The second-order valence-electron chi connectivity index (χ2n) is 6.61. The number of carbonyl (C=O) groups excluding carboxylic acids is 1. The number of carboxylic acids is 1. The fraction of sp³-hybridized carbons (Fsp3) is 0.333. The van der Waals surface area contributed by atoms with E-state index in [0.717, 1.165) is 12.1 Å². The van der Waals surface area contributed by atoms with Gasteiger partial charge in [-0.2, -0.15) is 22.0 Å². The Hall–Kier alpha value is -2.05. The van der Waals surface area contributed by atoms with Gasteiger partial charge >= 0.3 is 17.4 Å². The van der Waals surface area contributed by atoms with E-state index < -0.39 is 51.7 Å². The van der Waals surface area contributed by atoms with Gasteiger partial charge in [-0.25, -0.2) is 0 Å². The van der Waals surface area contributed by atoms with Crippen LogP contribution in [0.5, 0.6) is 0 Å². The van der Waals surface area contributed by atoms with E-state index in [4.69, 9.17) is 11.6 Å². The van der Waals surface area contributed by atoms with Gasteiger partial charge < -0.3 is 15.1 Å². The summed E-state index contributed by atoms with van der Waals surface area (Å²) in [5, 5.41) is 14.0. The molecule has 0 saturated carbocycles. The van der Waals surface area contributed by atoms with Gasteiger partial charge in [-0.3, -0.25) is 9.59 Å². The number of hydrogen-bond donors (Lipinski definition) is 2. The highest BCUT2D eigenvalue weighted by Gasteiger charge is 2.58. The minimum atomic E-state index is -5.75. The Labute approximate surface area is 185 Å². The average molecular weight is 502 g/mol. The first-order valence-corrected chi connectivity index (χ1v) is 10.5. The summed E-state index contributed by atoms with van der Waals surface area (Å²) in [5.41, 5.74) is 0.742. The largest absolute Gasteiger partial charge is 0.507 e. The fourth-order valence-corrected chi connectivity index (χ4v) is 5.56. The number of thiophene rings is 1. The van der Waals surface area contributed by atoms with Crippen molar-refractivity contribution in [2.24, 2.45) is 0 Å². The number of carbonyl (C=O) groups is 2. The molecule has 2 N–H and O–H groups in total. The van der Waals surface area contributed by atoms with E-state index in [1.54, 1.807) is 0 Å². The summed E-state index contributed by atoms with van der Waals surface area (Å²) < 4.78 is 63.5. The molecule has 0 spiro atoms. The van der Waals surface area contributed by atoms with Crippen molar-refractivity contribution in [3.05, 3.63) is 50.7 Å². The fourth-order valence-electron chi connectivity index (χ4n) is 3.32. The highest BCUT2D eigenvalue weighted by Crippen LogP contribution is 2.50. The predicted molar refractivity (Wildman–Crippen MR) is 104 cm³/mol. The molecule has 1 aliphatic carbocycles. The van der Waals surface area contributed by atoms with Crippen LogP contribution in [0.3, 0.4) is 0 Å². The van der Waals surface area contributed by atoms with Crippen molar-refractivity contribution in [1.29, 1.82) is 0 Å². The Morgan fingerprint density at radius 3 is 2.52 bits per heavy atom. The van der Waals surface area contributed by atoms with E-state index in [1.807, 2.05) is 0 Å². The molecule has 3 rings (SSSR count). The number of aliphatic carboxylic acids is 1. The number of nitrogens with zero attached hydrogens (tertiary/aromatic N) is 1. The Balaban J connectivity index is 1.95. The lowest BCUT2D eigenvalue weighted by Crippen LogP contribution is -2.36. The van der Waals surface area contributed by atoms with E-state index in [9.17, 15) is 41.8 Å². The molecule has 0 radical (unpaired) electrons. The van der Waals surface area contributed by atoms with Crippen molar-refractivity contribution in [1.82, 2.24) is 4.90 Å². The lowest BCUT2D eigenvalue weighted by atomic mass is 9.92. The highest BCUT2D eigenvalue weighted by molar-refractivity contribution is 8.02. The van der Waals surface area contributed by atoms with Crippen molar-refractivity contribution < 1.29 is 41.8 Å². The van der Waals surface area contributed by atoms with Crippen LogP contribution in [-0.4, -0.2) is 44.5 Å². The van der Waals surface area contributed by atoms with E-state index in [0.29, 0.717) is 11.3 Å². The number of carboxylic acid groups (broad SMARTS) is 1. The zero-order valence-electron chi connectivity index (χ0n) is 15.5. The van der Waals surface area contributed by atoms with Crippen molar-refractivity contribution in [2.75, 3.05) is 0 Å². The molecule has 1 aromatic rings. The summed E-state index contributed by atoms with van der Waals surface area (Å²) in [6.07, 6.45) is -4.76. The summed E-state index contributed by atoms with van der Waals surface area (Å²) in [4.78, 5) is 25.5. The third-order valence-electron chi connectivity index (χ3n) is 4.66. The maximum atomic E-state index is 13.3. The minimum absolute atomic E-state index is 0.102. The van der Waals surface area contributed by atoms with E-state index in [-0.39, 0.29) is 38.9 Å². The standard InChI is InChI=1S/C18H13ClF5NO4S2/c1-7-8(6-12(27)28)14-9(2-3-10(26)15(14)19)25(7)16(29)11-4-5-13(30-11)31-18(23,24)17(20,21)22/h3-5,9,26H,2,6H2,1H3,(H,27,28). The third-order valence-corrected chi connectivity index (χ3v) is 7.25. The van der Waals surface area contributed by atoms with Crippen molar-refractivity contribution in [3.63, 3.8) is 0 Å². The molecule has 31 heavy (non-hydrogen) atoms. The number of allylic oxidation sites excluding steroid dienone is 2. The van der Waals surface area contributed by atoms with Crippen LogP contribution in [0.15, 0.2) is 50.1 Å². The lowest BCUT2D eigenvalue weighted by molar-refractivity contribution is -0.237. The molecule has 1 atom stereocenters. The summed E-state index contributed by atoms with van der Waals surface area (Å²) >= 11 is 5.91. The predicted octanol–water partition coefficient (Wildman–Crippen LogP) is 5.91. The van der Waals surface area contributed by atoms with Crippen LogP contribution < -0.4 is 0 Å². The maximum absolute atomic E-state index is 13.3. The summed E-state index contributed by atoms with van der Waals surface area (Å²) in [6.45, 7) is 1.48. The lowest BCUT2D eigenvalue weighted by Gasteiger charge is -2.28. The zero-order chi connectivity index (χ0) is 23.3. The number of thioether (sulfide) groups is 1. The Kier molecular flexibility index (Phi) is 6.20. The quantitative estimate of drug-likeness (QED) is 0.387. The smallest absolute Gasteiger partial charge is 0.464 e. The van der Waals surface area contributed by atoms with Crippen LogP contribution in [-0.2, 0) is 4.79 Å². The number of hydrogen-bond acceptors (Lipinski definition) is 5. The topological polar surface area (TPSA) is 77.8 Å². The van der Waals surface area contributed by atoms with Crippen molar-refractivity contribution in [2.45, 2.75) is 41.4 Å². The van der Waals surface area contributed by atoms with Crippen LogP contribution in [0.4, 0.5) is 22.0 Å². The van der Waals surface area contributed by atoms with E-state index in [2.05, 4.69) is 0 Å². The molecule has 0 bridgehead atoms. The molecule has 2 aliphatic rings. The van der Waals surface area contributed by atoms with Crippen molar-refractivity contribution in [3.8, 4) is 0 Å². The van der Waals surface area contributed by atoms with Gasteiger partial charge in [-0.05, 0) is 48.9 Å². The van der Waals surface area contributed by atoms with Gasteiger partial charge in [0.2, 0.25) is 0 Å². The number of aliphatic hydroxyl groups is 1. The van der Waals surface area contributed by atoms with Gasteiger partial charge in [-0.15, -0.1) is 11.3 Å². The van der Waals surface area contributed by atoms with Crippen LogP contribution in [0.1, 0.15) is 29.4 Å². The zero-order valence-corrected chi connectivity index (χ0v) is 17.9. The molecule has 1 aromatic heterocycles. The number of fused-ring (bicyclic) bond motifs is 1. The molecule has 0 aromatic carbocycles. The molecule has 5 nitrogen and oxygen atoms in total. The van der Waals surface area contributed by atoms with Gasteiger partial charge in [0, 0.05) is 11.3 Å². The highest BCUT2D eigenvalue weighted by atomic mass is 35.5. The molecule has 1 amide bonds. The maximum Gasteiger partial charge on any atom is 0.464 e. The molecule has 0 saturated heterocycles. The van der Waals surface area contributed by atoms with Crippen LogP contribution in [0.25, 0.3) is 0 Å². The number of rotatable bonds is 5. The summed E-state index contributed by atoms with van der Waals surface area (Å²) in [5.74, 6) is -2.16. The second-order valence-corrected chi connectivity index (χ2v) is 9.49. The number of halogens is 6. The summed E-state index contributed by atoms with van der Waals surface area (Å²) in [7, 11) is 0. The van der Waals surface area contributed by atoms with Crippen molar-refractivity contribution >= 4 is 46.6 Å². The average Bonchev–Trinajstić information content (AvgIpc) is 3.19. The molecular weight excluding hydrogens is 489 g/mol. The van der Waals surface area contributed by atoms with Gasteiger partial charge in [-0.1, -0.05) is 11.6 Å². The Morgan fingerprint density at radius 2 is 1.94 bits per heavy atom. The number of aliphatic hydroxyl groups excluding tert-OH is 1. The van der Waals surface area contributed by atoms with Gasteiger partial charge in [0.25, 0.3) is 5.91 Å². The van der Waals surface area contributed by atoms with Gasteiger partial charge in [0.1, 0.15) is 5.76 Å². The second kappa shape index (κ2) is 8.14. The normalized spacial score (nSPS) is 19.6. The monoisotopic (exact) mass is 501 g/mol. The molecule has 1 unspecified atom stereocenters. The van der Waals surface area contributed by atoms with Crippen LogP contribution >= 0.6 is 34.7 Å².